The van der Waals surface area contributed by atoms with Crippen LogP contribution in [-0.2, 0) is 23.7 Å². The van der Waals surface area contributed by atoms with E-state index in [1.165, 1.54) is 50.5 Å². The quantitative estimate of drug-likeness (QED) is 0.158. The minimum atomic E-state index is -0.0435. The smallest absolute Gasteiger partial charge is 0.155 e. The van der Waals surface area contributed by atoms with E-state index < -0.39 is 0 Å². The highest BCUT2D eigenvalue weighted by atomic mass is 16.5. The number of allylic oxidation sites excluding steroid dienone is 3. The molecule has 5 aliphatic carbocycles. The summed E-state index contributed by atoms with van der Waals surface area (Å²) in [7, 11) is 1.71. The van der Waals surface area contributed by atoms with Crippen molar-refractivity contribution in [2.45, 2.75) is 134 Å². The molecule has 1 N–H and O–H groups in total. The van der Waals surface area contributed by atoms with Crippen molar-refractivity contribution in [3.8, 4) is 0 Å². The Balaban J connectivity index is 1.03. The molecule has 3 unspecified atom stereocenters. The van der Waals surface area contributed by atoms with Crippen LogP contribution in [-0.4, -0.2) is 69.2 Å². The zero-order valence-corrected chi connectivity index (χ0v) is 29.0. The van der Waals surface area contributed by atoms with E-state index >= 15 is 0 Å². The van der Waals surface area contributed by atoms with Gasteiger partial charge in [-0.2, -0.15) is 0 Å². The van der Waals surface area contributed by atoms with E-state index in [0.717, 1.165) is 64.3 Å². The topological polar surface area (TPSA) is 75.9 Å². The fourth-order valence-corrected chi connectivity index (χ4v) is 11.8. The molecule has 2 spiro atoms. The first-order valence-corrected chi connectivity index (χ1v) is 18.7. The Morgan fingerprint density at radius 3 is 2.64 bits per heavy atom. The van der Waals surface area contributed by atoms with Gasteiger partial charge in [-0.3, -0.25) is 4.79 Å². The summed E-state index contributed by atoms with van der Waals surface area (Å²) < 4.78 is 24.2. The molecule has 0 bridgehead atoms. The Kier molecular flexibility index (Phi) is 9.22. The maximum Gasteiger partial charge on any atom is 0.155 e. The first-order valence-electron chi connectivity index (χ1n) is 18.7. The molecule has 45 heavy (non-hydrogen) atoms. The monoisotopic (exact) mass is 623 g/mol. The number of carbonyl (C=O) groups is 1. The number of rotatable bonds is 10. The number of ether oxygens (including phenoxy) is 4. The van der Waals surface area contributed by atoms with Gasteiger partial charge in [-0.25, -0.2) is 0 Å². The molecule has 0 radical (unpaired) electrons. The van der Waals surface area contributed by atoms with Crippen molar-refractivity contribution in [1.82, 2.24) is 5.32 Å². The van der Waals surface area contributed by atoms with Gasteiger partial charge < -0.3 is 24.3 Å². The summed E-state index contributed by atoms with van der Waals surface area (Å²) in [5.41, 5.74) is 5.22. The van der Waals surface area contributed by atoms with Gasteiger partial charge in [-0.1, -0.05) is 43.9 Å². The summed E-state index contributed by atoms with van der Waals surface area (Å²) in [5, 5.41) is 4.17. The Morgan fingerprint density at radius 1 is 1.00 bits per heavy atom. The van der Waals surface area contributed by atoms with Crippen molar-refractivity contribution in [3.63, 3.8) is 0 Å². The van der Waals surface area contributed by atoms with Crippen molar-refractivity contribution in [1.29, 1.82) is 0 Å². The molecular formula is C39H61NO5. The zero-order chi connectivity index (χ0) is 31.4. The van der Waals surface area contributed by atoms with E-state index in [1.54, 1.807) is 18.3 Å². The van der Waals surface area contributed by atoms with E-state index in [0.29, 0.717) is 60.7 Å². The highest BCUT2D eigenvalue weighted by Gasteiger charge is 2.74. The Bertz CT molecular complexity index is 1180. The van der Waals surface area contributed by atoms with Crippen molar-refractivity contribution < 1.29 is 23.7 Å². The highest BCUT2D eigenvalue weighted by molar-refractivity contribution is 5.91. The molecule has 6 nitrogen and oxygen atoms in total. The largest absolute Gasteiger partial charge is 0.382 e. The average Bonchev–Trinajstić information content (AvgIpc) is 3.61. The van der Waals surface area contributed by atoms with Crippen molar-refractivity contribution in [3.05, 3.63) is 22.8 Å². The summed E-state index contributed by atoms with van der Waals surface area (Å²) >= 11 is 0. The van der Waals surface area contributed by atoms with Crippen LogP contribution in [0.2, 0.25) is 0 Å². The van der Waals surface area contributed by atoms with Gasteiger partial charge in [0.2, 0.25) is 0 Å². The predicted octanol–water partition coefficient (Wildman–Crippen LogP) is 7.21. The number of hydrogen-bond donors (Lipinski definition) is 1. The van der Waals surface area contributed by atoms with E-state index in [4.69, 9.17) is 18.9 Å². The van der Waals surface area contributed by atoms with Gasteiger partial charge in [0.05, 0.1) is 30.5 Å². The summed E-state index contributed by atoms with van der Waals surface area (Å²) in [5.74, 6) is 4.44. The standard InChI is InChI=1S/C39H61NO5/c1-25-7-8-28(13-18-43-16-6-17-44-20-19-42-5)36-39(40-36)27(3)38(45-35(39)21-25)15-12-31-32-10-9-29-22-30(41)11-14-37(29,4)34(32)23-33(31)26(2)24-38/h22,25,27-28,31-32,34-36,40H,6-21,23-24H2,1-5H3/t25-,27+,28+,31+,32?,34+,35?,36?,37+,38+,39-/m1/s1. The van der Waals surface area contributed by atoms with Crippen LogP contribution in [0, 0.1) is 40.9 Å². The summed E-state index contributed by atoms with van der Waals surface area (Å²) in [6.07, 6.45) is 17.3. The van der Waals surface area contributed by atoms with E-state index in [1.807, 2.05) is 6.08 Å². The second-order valence-corrected chi connectivity index (χ2v) is 16.7. The molecule has 2 heterocycles. The van der Waals surface area contributed by atoms with Crippen LogP contribution >= 0.6 is 0 Å². The molecule has 3 saturated carbocycles. The fourth-order valence-electron chi connectivity index (χ4n) is 11.8. The van der Waals surface area contributed by atoms with Crippen molar-refractivity contribution in [2.75, 3.05) is 40.1 Å². The van der Waals surface area contributed by atoms with Gasteiger partial charge in [-0.05, 0) is 119 Å². The number of carbonyl (C=O) groups excluding carboxylic acids is 1. The molecule has 0 aromatic heterocycles. The molecule has 0 aromatic rings. The van der Waals surface area contributed by atoms with Crippen LogP contribution in [0.5, 0.6) is 0 Å². The third-order valence-corrected chi connectivity index (χ3v) is 14.4. The fraction of sp³-hybridized carbons (Fsp3) is 0.872. The van der Waals surface area contributed by atoms with Crippen LogP contribution in [0.1, 0.15) is 111 Å². The number of nitrogens with one attached hydrogen (secondary N) is 1. The molecule has 252 valence electrons. The summed E-state index contributed by atoms with van der Waals surface area (Å²) in [6, 6.07) is 0.558. The molecule has 7 aliphatic rings. The van der Waals surface area contributed by atoms with Crippen molar-refractivity contribution in [2.24, 2.45) is 40.9 Å². The maximum absolute atomic E-state index is 12.3. The van der Waals surface area contributed by atoms with Crippen molar-refractivity contribution >= 4 is 5.78 Å². The normalized spacial score (nSPS) is 45.5. The number of hydrogen-bond acceptors (Lipinski definition) is 6. The molecule has 11 atom stereocenters. The molecule has 6 heteroatoms. The Labute approximate surface area is 272 Å². The van der Waals surface area contributed by atoms with Gasteiger partial charge in [-0.15, -0.1) is 0 Å². The highest BCUT2D eigenvalue weighted by Crippen LogP contribution is 2.66. The second-order valence-electron chi connectivity index (χ2n) is 16.7. The lowest BCUT2D eigenvalue weighted by atomic mass is 9.56. The first kappa shape index (κ1) is 32.5. The number of ketones is 1. The molecule has 2 aliphatic heterocycles. The molecule has 2 saturated heterocycles. The van der Waals surface area contributed by atoms with Gasteiger partial charge in [0.1, 0.15) is 0 Å². The lowest BCUT2D eigenvalue weighted by Gasteiger charge is -2.48. The minimum absolute atomic E-state index is 0.0435. The Morgan fingerprint density at radius 2 is 1.82 bits per heavy atom. The zero-order valence-electron chi connectivity index (χ0n) is 29.0. The molecular weight excluding hydrogens is 562 g/mol. The number of fused-ring (bicyclic) bond motifs is 5. The van der Waals surface area contributed by atoms with Gasteiger partial charge in [0.15, 0.2) is 5.78 Å². The van der Waals surface area contributed by atoms with Crippen LogP contribution in [0.4, 0.5) is 0 Å². The number of methoxy groups -OCH3 is 1. The lowest BCUT2D eigenvalue weighted by molar-refractivity contribution is -0.116. The van der Waals surface area contributed by atoms with Crippen LogP contribution in [0.3, 0.4) is 0 Å². The first-order chi connectivity index (χ1) is 21.7. The van der Waals surface area contributed by atoms with Gasteiger partial charge >= 0.3 is 0 Å². The second kappa shape index (κ2) is 12.8. The summed E-state index contributed by atoms with van der Waals surface area (Å²) in [4.78, 5) is 12.3. The predicted molar refractivity (Wildman–Crippen MR) is 177 cm³/mol. The lowest BCUT2D eigenvalue weighted by Crippen LogP contribution is -2.42. The third-order valence-electron chi connectivity index (χ3n) is 14.4. The van der Waals surface area contributed by atoms with Gasteiger partial charge in [0, 0.05) is 45.3 Å². The van der Waals surface area contributed by atoms with E-state index in [-0.39, 0.29) is 16.6 Å². The van der Waals surface area contributed by atoms with Crippen LogP contribution < -0.4 is 5.32 Å². The van der Waals surface area contributed by atoms with Crippen LogP contribution in [0.25, 0.3) is 0 Å². The summed E-state index contributed by atoms with van der Waals surface area (Å²) in [6.45, 7) is 13.7. The molecule has 5 fully saturated rings. The molecule has 0 aromatic carbocycles. The SMILES string of the molecule is COCCOCCCOCC[C@@H]1CC[C@@H](C)CC2O[C@]3(CC[C@@H]4C(=C(C)C3)C[C@H]3C4CCC4=CC(=O)CC[C@@]43C)[C@H](C)[C@@]23NC13. The van der Waals surface area contributed by atoms with Gasteiger partial charge in [0.25, 0.3) is 0 Å². The van der Waals surface area contributed by atoms with E-state index in [2.05, 4.69) is 33.0 Å². The average molecular weight is 624 g/mol. The molecule has 7 rings (SSSR count). The molecule has 0 amide bonds. The Hall–Kier alpha value is -1.05. The van der Waals surface area contributed by atoms with Crippen LogP contribution in [0.15, 0.2) is 22.8 Å². The third kappa shape index (κ3) is 5.65. The maximum atomic E-state index is 12.3. The minimum Gasteiger partial charge on any atom is -0.382 e. The van der Waals surface area contributed by atoms with E-state index in [9.17, 15) is 4.79 Å².